The number of amides is 1. The normalized spacial score (nSPS) is 16.9. The van der Waals surface area contributed by atoms with Crippen molar-refractivity contribution in [2.45, 2.75) is 26.4 Å². The number of fused-ring (bicyclic) bond motifs is 1. The van der Waals surface area contributed by atoms with Crippen LogP contribution in [0.3, 0.4) is 0 Å². The number of benzene rings is 1. The Morgan fingerprint density at radius 2 is 2.30 bits per heavy atom. The lowest BCUT2D eigenvalue weighted by atomic mass is 10.1. The minimum atomic E-state index is 0.0388. The number of rotatable bonds is 6. The number of halogens is 1. The summed E-state index contributed by atoms with van der Waals surface area (Å²) >= 11 is 3.46. The summed E-state index contributed by atoms with van der Waals surface area (Å²) < 4.78 is 6.90. The maximum absolute atomic E-state index is 11.6. The highest BCUT2D eigenvalue weighted by Crippen LogP contribution is 2.30. The van der Waals surface area contributed by atoms with Gasteiger partial charge in [0.25, 0.3) is 0 Å². The van der Waals surface area contributed by atoms with E-state index in [1.165, 1.54) is 5.56 Å². The van der Waals surface area contributed by atoms with Crippen LogP contribution in [0.15, 0.2) is 22.7 Å². The summed E-state index contributed by atoms with van der Waals surface area (Å²) in [6.45, 7) is 5.90. The predicted molar refractivity (Wildman–Crippen MR) is 83.0 cm³/mol. The van der Waals surface area contributed by atoms with E-state index in [0.29, 0.717) is 19.0 Å². The van der Waals surface area contributed by atoms with E-state index in [4.69, 9.17) is 4.74 Å². The molecule has 0 bridgehead atoms. The Hall–Kier alpha value is -1.07. The molecule has 1 aliphatic rings. The number of nitrogens with one attached hydrogen (secondary N) is 2. The molecule has 1 atom stereocenters. The Kier molecular flexibility index (Phi) is 5.43. The van der Waals surface area contributed by atoms with Gasteiger partial charge in [-0.25, -0.2) is 0 Å². The second kappa shape index (κ2) is 7.09. The largest absolute Gasteiger partial charge is 0.488 e. The fraction of sp³-hybridized carbons (Fsp3) is 0.533. The van der Waals surface area contributed by atoms with E-state index < -0.39 is 0 Å². The fourth-order valence-corrected chi connectivity index (χ4v) is 2.54. The Morgan fingerprint density at radius 1 is 1.50 bits per heavy atom. The first kappa shape index (κ1) is 15.3. The number of hydrogen-bond acceptors (Lipinski definition) is 3. The van der Waals surface area contributed by atoms with E-state index in [1.807, 2.05) is 12.1 Å². The van der Waals surface area contributed by atoms with E-state index in [9.17, 15) is 4.79 Å². The molecule has 0 aromatic heterocycles. The molecule has 0 fully saturated rings. The zero-order chi connectivity index (χ0) is 14.5. The predicted octanol–water partition coefficient (Wildman–Crippen LogP) is 2.11. The van der Waals surface area contributed by atoms with Crippen molar-refractivity contribution in [3.63, 3.8) is 0 Å². The summed E-state index contributed by atoms with van der Waals surface area (Å²) in [4.78, 5) is 11.6. The lowest BCUT2D eigenvalue weighted by molar-refractivity contribution is -0.120. The van der Waals surface area contributed by atoms with Gasteiger partial charge in [-0.2, -0.15) is 0 Å². The maximum atomic E-state index is 11.6. The average Bonchev–Trinajstić information content (AvgIpc) is 2.78. The molecule has 20 heavy (non-hydrogen) atoms. The van der Waals surface area contributed by atoms with Crippen LogP contribution in [0, 0.1) is 5.92 Å². The number of hydrogen-bond donors (Lipinski definition) is 2. The van der Waals surface area contributed by atoms with Crippen LogP contribution in [0.1, 0.15) is 19.4 Å². The van der Waals surface area contributed by atoms with Crippen LogP contribution in [0.4, 0.5) is 0 Å². The van der Waals surface area contributed by atoms with E-state index in [2.05, 4.69) is 46.5 Å². The van der Waals surface area contributed by atoms with Crippen molar-refractivity contribution in [2.24, 2.45) is 5.92 Å². The summed E-state index contributed by atoms with van der Waals surface area (Å²) in [6.07, 6.45) is 0.993. The van der Waals surface area contributed by atoms with Crippen LogP contribution in [0.2, 0.25) is 0 Å². The molecule has 4 nitrogen and oxygen atoms in total. The van der Waals surface area contributed by atoms with E-state index in [-0.39, 0.29) is 12.0 Å². The molecule has 1 aliphatic heterocycles. The van der Waals surface area contributed by atoms with Gasteiger partial charge in [-0.05, 0) is 29.7 Å². The molecule has 1 aromatic carbocycles. The molecule has 0 saturated carbocycles. The molecule has 2 N–H and O–H groups in total. The quantitative estimate of drug-likeness (QED) is 0.833. The summed E-state index contributed by atoms with van der Waals surface area (Å²) in [6, 6.07) is 6.05. The van der Waals surface area contributed by atoms with Crippen LogP contribution in [0.5, 0.6) is 5.75 Å². The van der Waals surface area contributed by atoms with Crippen molar-refractivity contribution in [1.82, 2.24) is 10.6 Å². The lowest BCUT2D eigenvalue weighted by Gasteiger charge is -2.12. The third-order valence-electron chi connectivity index (χ3n) is 3.13. The first-order valence-corrected chi connectivity index (χ1v) is 7.76. The van der Waals surface area contributed by atoms with Crippen molar-refractivity contribution in [3.05, 3.63) is 28.2 Å². The van der Waals surface area contributed by atoms with Gasteiger partial charge in [0.1, 0.15) is 11.9 Å². The molecule has 0 radical (unpaired) electrons. The van der Waals surface area contributed by atoms with Crippen molar-refractivity contribution >= 4 is 21.8 Å². The van der Waals surface area contributed by atoms with E-state index in [0.717, 1.165) is 23.2 Å². The Morgan fingerprint density at radius 3 is 3.05 bits per heavy atom. The van der Waals surface area contributed by atoms with Gasteiger partial charge >= 0.3 is 0 Å². The second-order valence-corrected chi connectivity index (χ2v) is 6.44. The fourth-order valence-electron chi connectivity index (χ4n) is 2.13. The average molecular weight is 341 g/mol. The highest BCUT2D eigenvalue weighted by molar-refractivity contribution is 9.10. The molecule has 1 amide bonds. The molecular weight excluding hydrogens is 320 g/mol. The van der Waals surface area contributed by atoms with Gasteiger partial charge in [0, 0.05) is 24.0 Å². The Bertz CT molecular complexity index is 477. The highest BCUT2D eigenvalue weighted by atomic mass is 79.9. The first-order valence-electron chi connectivity index (χ1n) is 6.97. The van der Waals surface area contributed by atoms with E-state index >= 15 is 0 Å². The van der Waals surface area contributed by atoms with Gasteiger partial charge in [0.2, 0.25) is 5.91 Å². The molecule has 110 valence electrons. The second-order valence-electron chi connectivity index (χ2n) is 5.52. The van der Waals surface area contributed by atoms with Gasteiger partial charge in [0.05, 0.1) is 6.54 Å². The van der Waals surface area contributed by atoms with Crippen molar-refractivity contribution in [1.29, 1.82) is 0 Å². The summed E-state index contributed by atoms with van der Waals surface area (Å²) in [5, 5.41) is 6.04. The highest BCUT2D eigenvalue weighted by Gasteiger charge is 2.22. The van der Waals surface area contributed by atoms with Gasteiger partial charge in [-0.3, -0.25) is 4.79 Å². The molecule has 2 rings (SSSR count). The minimum absolute atomic E-state index is 0.0388. The summed E-state index contributed by atoms with van der Waals surface area (Å²) in [5.74, 6) is 1.46. The van der Waals surface area contributed by atoms with Gasteiger partial charge in [0.15, 0.2) is 0 Å². The molecule has 1 unspecified atom stereocenters. The smallest absolute Gasteiger partial charge is 0.233 e. The van der Waals surface area contributed by atoms with Crippen molar-refractivity contribution < 1.29 is 9.53 Å². The van der Waals surface area contributed by atoms with Crippen LogP contribution >= 0.6 is 15.9 Å². The van der Waals surface area contributed by atoms with Crippen LogP contribution in [-0.2, 0) is 11.2 Å². The number of carbonyl (C=O) groups is 1. The number of carbonyl (C=O) groups excluding carboxylic acids is 1. The summed E-state index contributed by atoms with van der Waals surface area (Å²) in [7, 11) is 0. The van der Waals surface area contributed by atoms with E-state index in [1.54, 1.807) is 0 Å². The molecule has 0 spiro atoms. The number of ether oxygens (including phenoxy) is 1. The molecule has 0 saturated heterocycles. The molecule has 0 aliphatic carbocycles. The lowest BCUT2D eigenvalue weighted by Crippen LogP contribution is -2.39. The topological polar surface area (TPSA) is 50.4 Å². The minimum Gasteiger partial charge on any atom is -0.488 e. The maximum Gasteiger partial charge on any atom is 0.233 e. The van der Waals surface area contributed by atoms with Crippen molar-refractivity contribution in [2.75, 3.05) is 19.6 Å². The standard InChI is InChI=1S/C15H21BrN2O2/c1-10(2)7-18-15(19)9-17-8-13-6-11-5-12(16)3-4-14(11)20-13/h3-5,10,13,17H,6-9H2,1-2H3,(H,18,19). The zero-order valence-electron chi connectivity index (χ0n) is 11.9. The van der Waals surface area contributed by atoms with Gasteiger partial charge < -0.3 is 15.4 Å². The third kappa shape index (κ3) is 4.49. The van der Waals surface area contributed by atoms with Crippen LogP contribution < -0.4 is 15.4 Å². The van der Waals surface area contributed by atoms with Crippen LogP contribution in [0.25, 0.3) is 0 Å². The molecule has 1 heterocycles. The van der Waals surface area contributed by atoms with Gasteiger partial charge in [-0.1, -0.05) is 29.8 Å². The monoisotopic (exact) mass is 340 g/mol. The molecule has 5 heteroatoms. The van der Waals surface area contributed by atoms with Crippen LogP contribution in [-0.4, -0.2) is 31.6 Å². The Labute approximate surface area is 128 Å². The third-order valence-corrected chi connectivity index (χ3v) is 3.62. The SMILES string of the molecule is CC(C)CNC(=O)CNCC1Cc2cc(Br)ccc2O1. The Balaban J connectivity index is 1.68. The molecule has 1 aromatic rings. The summed E-state index contributed by atoms with van der Waals surface area (Å²) in [5.41, 5.74) is 1.22. The zero-order valence-corrected chi connectivity index (χ0v) is 13.5. The molecular formula is C15H21BrN2O2. The van der Waals surface area contributed by atoms with Gasteiger partial charge in [-0.15, -0.1) is 0 Å². The first-order chi connectivity index (χ1) is 9.54. The van der Waals surface area contributed by atoms with Crippen molar-refractivity contribution in [3.8, 4) is 5.75 Å².